The van der Waals surface area contributed by atoms with E-state index in [0.29, 0.717) is 0 Å². The molecule has 1 spiro atoms. The molecule has 1 amide bonds. The number of aromatic amines is 1. The van der Waals surface area contributed by atoms with Crippen LogP contribution in [0.1, 0.15) is 40.9 Å². The predicted octanol–water partition coefficient (Wildman–Crippen LogP) is 3.03. The van der Waals surface area contributed by atoms with E-state index in [-0.39, 0.29) is 11.4 Å². The maximum atomic E-state index is 13.4. The predicted molar refractivity (Wildman–Crippen MR) is 110 cm³/mol. The summed E-state index contributed by atoms with van der Waals surface area (Å²) < 4.78 is 0. The Morgan fingerprint density at radius 3 is 2.56 bits per heavy atom. The first-order chi connectivity index (χ1) is 12.9. The molecule has 5 heteroatoms. The number of piperidine rings is 1. The molecule has 0 bridgehead atoms. The summed E-state index contributed by atoms with van der Waals surface area (Å²) >= 11 is 0. The Morgan fingerprint density at radius 2 is 1.81 bits per heavy atom. The highest BCUT2D eigenvalue weighted by atomic mass is 16.2. The van der Waals surface area contributed by atoms with Crippen LogP contribution in [0.15, 0.2) is 18.2 Å². The van der Waals surface area contributed by atoms with Gasteiger partial charge in [0.25, 0.3) is 5.91 Å². The number of likely N-dealkylation sites (N-methyl/N-ethyl adjacent to an activating group) is 1. The van der Waals surface area contributed by atoms with Gasteiger partial charge in [-0.15, -0.1) is 0 Å². The molecule has 2 aromatic rings. The van der Waals surface area contributed by atoms with Crippen LogP contribution in [0.4, 0.5) is 0 Å². The van der Waals surface area contributed by atoms with E-state index in [0.717, 1.165) is 63.1 Å². The minimum Gasteiger partial charge on any atom is -0.358 e. The summed E-state index contributed by atoms with van der Waals surface area (Å²) in [6, 6.07) is 6.11. The largest absolute Gasteiger partial charge is 0.358 e. The quantitative estimate of drug-likeness (QED) is 0.841. The number of aromatic nitrogens is 1. The van der Waals surface area contributed by atoms with E-state index in [4.69, 9.17) is 0 Å². The van der Waals surface area contributed by atoms with Gasteiger partial charge in [-0.3, -0.25) is 9.69 Å². The van der Waals surface area contributed by atoms with Gasteiger partial charge < -0.3 is 14.8 Å². The lowest BCUT2D eigenvalue weighted by atomic mass is 9.85. The third-order valence-electron chi connectivity index (χ3n) is 6.98. The van der Waals surface area contributed by atoms with Crippen molar-refractivity contribution in [1.82, 2.24) is 19.7 Å². The monoisotopic (exact) mass is 368 g/mol. The second-order valence-corrected chi connectivity index (χ2v) is 8.66. The fourth-order valence-electron chi connectivity index (χ4n) is 4.82. The number of fused-ring (bicyclic) bond motifs is 1. The van der Waals surface area contributed by atoms with E-state index in [2.05, 4.69) is 59.8 Å². The molecule has 0 aliphatic carbocycles. The second-order valence-electron chi connectivity index (χ2n) is 8.66. The van der Waals surface area contributed by atoms with E-state index in [1.165, 1.54) is 16.6 Å². The summed E-state index contributed by atoms with van der Waals surface area (Å²) in [7, 11) is 4.44. The molecule has 2 fully saturated rings. The molecular formula is C22H32N4O. The van der Waals surface area contributed by atoms with E-state index >= 15 is 0 Å². The molecule has 1 aromatic carbocycles. The van der Waals surface area contributed by atoms with Crippen molar-refractivity contribution in [1.29, 1.82) is 0 Å². The number of benzene rings is 1. The molecule has 0 radical (unpaired) electrons. The number of aryl methyl sites for hydroxylation is 2. The zero-order chi connectivity index (χ0) is 19.2. The number of nitrogens with zero attached hydrogens (tertiary/aromatic N) is 3. The molecule has 4 rings (SSSR count). The van der Waals surface area contributed by atoms with Gasteiger partial charge in [0.05, 0.1) is 0 Å². The lowest BCUT2D eigenvalue weighted by Gasteiger charge is -2.47. The first kappa shape index (κ1) is 18.5. The van der Waals surface area contributed by atoms with Gasteiger partial charge in [0, 0.05) is 47.3 Å². The van der Waals surface area contributed by atoms with Gasteiger partial charge in [0.1, 0.15) is 0 Å². The Hall–Kier alpha value is -1.85. The van der Waals surface area contributed by atoms with Gasteiger partial charge in [-0.05, 0) is 84.1 Å². The lowest BCUT2D eigenvalue weighted by Crippen LogP contribution is -2.58. The van der Waals surface area contributed by atoms with Crippen LogP contribution >= 0.6 is 0 Å². The van der Waals surface area contributed by atoms with Crippen molar-refractivity contribution in [3.63, 3.8) is 0 Å². The first-order valence-electron chi connectivity index (χ1n) is 10.2. The van der Waals surface area contributed by atoms with Crippen LogP contribution in [0, 0.1) is 13.8 Å². The molecule has 0 atom stereocenters. The van der Waals surface area contributed by atoms with Crippen molar-refractivity contribution in [2.45, 2.75) is 38.6 Å². The molecule has 2 saturated heterocycles. The van der Waals surface area contributed by atoms with Crippen LogP contribution in [-0.4, -0.2) is 77.9 Å². The van der Waals surface area contributed by atoms with Gasteiger partial charge in [-0.2, -0.15) is 0 Å². The minimum absolute atomic E-state index is 0.128. The van der Waals surface area contributed by atoms with Crippen molar-refractivity contribution in [3.8, 4) is 0 Å². The van der Waals surface area contributed by atoms with Crippen molar-refractivity contribution in [2.75, 3.05) is 46.8 Å². The summed E-state index contributed by atoms with van der Waals surface area (Å²) in [4.78, 5) is 23.8. The fraction of sp³-hybridized carbons (Fsp3) is 0.591. The molecule has 27 heavy (non-hydrogen) atoms. The van der Waals surface area contributed by atoms with Crippen LogP contribution in [0.2, 0.25) is 0 Å². The van der Waals surface area contributed by atoms with E-state index in [9.17, 15) is 4.79 Å². The number of rotatable bonds is 1. The highest BCUT2D eigenvalue weighted by Gasteiger charge is 2.41. The number of carbonyl (C=O) groups is 1. The third kappa shape index (κ3) is 3.27. The van der Waals surface area contributed by atoms with Gasteiger partial charge >= 0.3 is 0 Å². The molecule has 5 nitrogen and oxygen atoms in total. The summed E-state index contributed by atoms with van der Waals surface area (Å²) in [6.45, 7) is 9.20. The number of amides is 1. The normalized spacial score (nSPS) is 21.7. The Balaban J connectivity index is 1.61. The molecule has 3 heterocycles. The second kappa shape index (κ2) is 6.95. The molecule has 0 unspecified atom stereocenters. The summed E-state index contributed by atoms with van der Waals surface area (Å²) in [5, 5.41) is 1.17. The van der Waals surface area contributed by atoms with E-state index in [1.807, 2.05) is 6.07 Å². The molecule has 1 aromatic heterocycles. The number of carbonyl (C=O) groups excluding carboxylic acids is 1. The highest BCUT2D eigenvalue weighted by Crippen LogP contribution is 2.32. The van der Waals surface area contributed by atoms with Crippen molar-refractivity contribution < 1.29 is 4.79 Å². The van der Waals surface area contributed by atoms with Crippen molar-refractivity contribution in [2.24, 2.45) is 0 Å². The van der Waals surface area contributed by atoms with Crippen LogP contribution in [0.5, 0.6) is 0 Å². The number of H-pyrrole nitrogens is 1. The number of hydrogen-bond donors (Lipinski definition) is 1. The topological polar surface area (TPSA) is 42.6 Å². The van der Waals surface area contributed by atoms with Crippen LogP contribution in [0.3, 0.4) is 0 Å². The van der Waals surface area contributed by atoms with Gasteiger partial charge in [-0.1, -0.05) is 0 Å². The fourth-order valence-corrected chi connectivity index (χ4v) is 4.82. The van der Waals surface area contributed by atoms with Crippen LogP contribution in [0.25, 0.3) is 10.9 Å². The highest BCUT2D eigenvalue weighted by molar-refractivity contribution is 5.99. The van der Waals surface area contributed by atoms with Crippen LogP contribution < -0.4 is 0 Å². The lowest BCUT2D eigenvalue weighted by molar-refractivity contribution is 0.0317. The van der Waals surface area contributed by atoms with Crippen molar-refractivity contribution >= 4 is 16.8 Å². The molecule has 1 N–H and O–H groups in total. The Labute approximate surface area is 162 Å². The van der Waals surface area contributed by atoms with Crippen LogP contribution in [-0.2, 0) is 0 Å². The number of likely N-dealkylation sites (tertiary alicyclic amines) is 1. The average Bonchev–Trinajstić information content (AvgIpc) is 2.85. The number of nitrogens with one attached hydrogen (secondary N) is 1. The molecular weight excluding hydrogens is 336 g/mol. The number of hydrogen-bond acceptors (Lipinski definition) is 3. The Morgan fingerprint density at radius 1 is 1.07 bits per heavy atom. The summed E-state index contributed by atoms with van der Waals surface area (Å²) in [5.41, 5.74) is 4.48. The van der Waals surface area contributed by atoms with Gasteiger partial charge in [-0.25, -0.2) is 0 Å². The van der Waals surface area contributed by atoms with Gasteiger partial charge in [0.2, 0.25) is 0 Å². The van der Waals surface area contributed by atoms with E-state index in [1.54, 1.807) is 0 Å². The summed E-state index contributed by atoms with van der Waals surface area (Å²) in [6.07, 6.45) is 3.32. The third-order valence-corrected chi connectivity index (χ3v) is 6.98. The maximum Gasteiger partial charge on any atom is 0.253 e. The van der Waals surface area contributed by atoms with Gasteiger partial charge in [0.15, 0.2) is 0 Å². The molecule has 0 saturated carbocycles. The minimum atomic E-state index is 0.128. The average molecular weight is 369 g/mol. The SMILES string of the molecule is Cc1[nH]c2ccc(C(=O)N3CCCN(C)C4(CCN(C)CC4)C3)cc2c1C. The maximum absolute atomic E-state index is 13.4. The smallest absolute Gasteiger partial charge is 0.253 e. The van der Waals surface area contributed by atoms with E-state index < -0.39 is 0 Å². The standard InChI is InChI=1S/C22H32N4O/c1-16-17(2)23-20-7-6-18(14-19(16)20)21(27)26-11-5-10-25(4)22(15-26)8-12-24(3)13-9-22/h6-7,14,23H,5,8-13,15H2,1-4H3. The zero-order valence-corrected chi connectivity index (χ0v) is 17.1. The molecule has 2 aliphatic rings. The zero-order valence-electron chi connectivity index (χ0n) is 17.1. The first-order valence-corrected chi connectivity index (χ1v) is 10.2. The Bertz CT molecular complexity index is 847. The summed E-state index contributed by atoms with van der Waals surface area (Å²) in [5.74, 6) is 0.184. The molecule has 2 aliphatic heterocycles. The Kier molecular flexibility index (Phi) is 4.77. The van der Waals surface area contributed by atoms with Crippen molar-refractivity contribution in [3.05, 3.63) is 35.0 Å². The molecule has 146 valence electrons.